The van der Waals surface area contributed by atoms with E-state index in [0.717, 1.165) is 17.9 Å². The Labute approximate surface area is 229 Å². The van der Waals surface area contributed by atoms with E-state index in [-0.39, 0.29) is 11.4 Å². The van der Waals surface area contributed by atoms with Crippen molar-refractivity contribution in [2.24, 2.45) is 11.3 Å². The number of fused-ring (bicyclic) bond motifs is 1. The van der Waals surface area contributed by atoms with E-state index < -0.39 is 35.3 Å². The maximum atomic E-state index is 13.9. The molecule has 1 heterocycles. The molecule has 1 aromatic heterocycles. The number of hydrogen-bond donors (Lipinski definition) is 3. The first kappa shape index (κ1) is 27.3. The first-order valence-electron chi connectivity index (χ1n) is 13.0. The standard InChI is InChI=1S/C31H29F3N2O4/c1-19(31(32,33)34)26(27(37)35-24-7-4-5-21(15-24)16-30(13-14-30)29(39)40)22-11-9-20(10-12-22)17-36-18-23-6-2-3-8-25(23)28(36)38/h2-12,15,18-19,26,38H,13-14,16-17H2,1H3,(H,35,37)(H,39,40)/t19-,26+/m1/s1. The highest BCUT2D eigenvalue weighted by Crippen LogP contribution is 2.48. The fraction of sp³-hybridized carbons (Fsp3) is 0.290. The predicted molar refractivity (Wildman–Crippen MR) is 145 cm³/mol. The summed E-state index contributed by atoms with van der Waals surface area (Å²) in [7, 11) is 0. The molecule has 0 radical (unpaired) electrons. The number of carboxylic acids is 1. The van der Waals surface area contributed by atoms with Gasteiger partial charge in [-0.3, -0.25) is 9.59 Å². The van der Waals surface area contributed by atoms with Crippen LogP contribution in [-0.2, 0) is 22.6 Å². The first-order chi connectivity index (χ1) is 19.0. The van der Waals surface area contributed by atoms with Crippen molar-refractivity contribution in [1.29, 1.82) is 0 Å². The summed E-state index contributed by atoms with van der Waals surface area (Å²) < 4.78 is 43.2. The van der Waals surface area contributed by atoms with E-state index in [0.29, 0.717) is 42.4 Å². The van der Waals surface area contributed by atoms with Gasteiger partial charge in [0.05, 0.1) is 23.8 Å². The van der Waals surface area contributed by atoms with Crippen LogP contribution in [0.1, 0.15) is 42.4 Å². The quantitative estimate of drug-likeness (QED) is 0.216. The van der Waals surface area contributed by atoms with Crippen LogP contribution >= 0.6 is 0 Å². The van der Waals surface area contributed by atoms with Gasteiger partial charge in [0.15, 0.2) is 5.88 Å². The van der Waals surface area contributed by atoms with Gasteiger partial charge in [-0.15, -0.1) is 0 Å². The topological polar surface area (TPSA) is 91.6 Å². The number of carboxylic acid groups (broad SMARTS) is 1. The molecular weight excluding hydrogens is 521 g/mol. The highest BCUT2D eigenvalue weighted by atomic mass is 19.4. The Bertz CT molecular complexity index is 1560. The van der Waals surface area contributed by atoms with E-state index in [4.69, 9.17) is 0 Å². The van der Waals surface area contributed by atoms with Gasteiger partial charge in [-0.2, -0.15) is 13.2 Å². The molecule has 5 rings (SSSR count). The number of halogens is 3. The monoisotopic (exact) mass is 550 g/mol. The Kier molecular flexibility index (Phi) is 7.08. The summed E-state index contributed by atoms with van der Waals surface area (Å²) in [5.41, 5.74) is 1.17. The second-order valence-corrected chi connectivity index (χ2v) is 10.7. The van der Waals surface area contributed by atoms with Crippen molar-refractivity contribution in [3.05, 3.63) is 95.7 Å². The van der Waals surface area contributed by atoms with Crippen molar-refractivity contribution < 1.29 is 33.0 Å². The van der Waals surface area contributed by atoms with Crippen molar-refractivity contribution >= 4 is 28.3 Å². The van der Waals surface area contributed by atoms with Crippen molar-refractivity contribution in [2.75, 3.05) is 5.32 Å². The van der Waals surface area contributed by atoms with E-state index in [2.05, 4.69) is 5.32 Å². The fourth-order valence-corrected chi connectivity index (χ4v) is 5.19. The zero-order valence-corrected chi connectivity index (χ0v) is 21.8. The predicted octanol–water partition coefficient (Wildman–Crippen LogP) is 6.72. The molecule has 208 valence electrons. The SMILES string of the molecule is C[C@H]([C@H](C(=O)Nc1cccc(CC2(C(=O)O)CC2)c1)c1ccc(Cn2cc3ccccc3c2O)cc1)C(F)(F)F. The van der Waals surface area contributed by atoms with Crippen molar-refractivity contribution in [3.8, 4) is 5.88 Å². The van der Waals surface area contributed by atoms with Crippen LogP contribution in [0, 0.1) is 11.3 Å². The Morgan fingerprint density at radius 2 is 1.70 bits per heavy atom. The third kappa shape index (κ3) is 5.54. The number of aromatic hydroxyl groups is 1. The molecule has 0 saturated heterocycles. The highest BCUT2D eigenvalue weighted by molar-refractivity contribution is 5.96. The molecule has 3 aromatic carbocycles. The Balaban J connectivity index is 1.36. The van der Waals surface area contributed by atoms with E-state index in [9.17, 15) is 33.0 Å². The molecule has 4 aromatic rings. The maximum absolute atomic E-state index is 13.9. The number of aromatic nitrogens is 1. The van der Waals surface area contributed by atoms with E-state index in [1.165, 1.54) is 12.1 Å². The first-order valence-corrected chi connectivity index (χ1v) is 13.0. The molecule has 1 saturated carbocycles. The average Bonchev–Trinajstić information content (AvgIpc) is 3.63. The van der Waals surface area contributed by atoms with Crippen LogP contribution in [0.5, 0.6) is 5.88 Å². The van der Waals surface area contributed by atoms with Crippen LogP contribution in [0.2, 0.25) is 0 Å². The third-order valence-electron chi connectivity index (χ3n) is 7.80. The van der Waals surface area contributed by atoms with Crippen LogP contribution in [-0.4, -0.2) is 32.8 Å². The molecule has 1 aliphatic rings. The summed E-state index contributed by atoms with van der Waals surface area (Å²) in [5, 5.41) is 24.2. The van der Waals surface area contributed by atoms with Crippen LogP contribution in [0.4, 0.5) is 18.9 Å². The Hall–Kier alpha value is -4.27. The summed E-state index contributed by atoms with van der Waals surface area (Å²) in [6.07, 6.45) is -1.38. The molecular formula is C31H29F3N2O4. The number of hydrogen-bond acceptors (Lipinski definition) is 3. The van der Waals surface area contributed by atoms with Gasteiger partial charge in [0.2, 0.25) is 5.91 Å². The van der Waals surface area contributed by atoms with E-state index in [1.807, 2.05) is 18.2 Å². The highest BCUT2D eigenvalue weighted by Gasteiger charge is 2.50. The van der Waals surface area contributed by atoms with Crippen molar-refractivity contribution in [3.63, 3.8) is 0 Å². The number of alkyl halides is 3. The number of amides is 1. The molecule has 1 amide bonds. The van der Waals surface area contributed by atoms with Crippen LogP contribution in [0.25, 0.3) is 10.8 Å². The van der Waals surface area contributed by atoms with Crippen LogP contribution in [0.15, 0.2) is 79.0 Å². The number of rotatable bonds is 9. The molecule has 9 heteroatoms. The van der Waals surface area contributed by atoms with E-state index in [1.54, 1.807) is 53.2 Å². The molecule has 1 aliphatic carbocycles. The summed E-state index contributed by atoms with van der Waals surface area (Å²) in [6.45, 7) is 1.29. The summed E-state index contributed by atoms with van der Waals surface area (Å²) in [6, 6.07) is 20.3. The molecule has 1 fully saturated rings. The fourth-order valence-electron chi connectivity index (χ4n) is 5.19. The summed E-state index contributed by atoms with van der Waals surface area (Å²) >= 11 is 0. The smallest absolute Gasteiger partial charge is 0.392 e. The van der Waals surface area contributed by atoms with Crippen molar-refractivity contribution in [1.82, 2.24) is 4.57 Å². The largest absolute Gasteiger partial charge is 0.494 e. The zero-order chi connectivity index (χ0) is 28.7. The Morgan fingerprint density at radius 1 is 1.00 bits per heavy atom. The molecule has 0 spiro atoms. The van der Waals surface area contributed by atoms with Gasteiger partial charge < -0.3 is 20.1 Å². The Morgan fingerprint density at radius 3 is 2.33 bits per heavy atom. The molecule has 0 bridgehead atoms. The second kappa shape index (κ2) is 10.4. The number of nitrogens with zero attached hydrogens (tertiary/aromatic N) is 1. The third-order valence-corrected chi connectivity index (χ3v) is 7.80. The van der Waals surface area contributed by atoms with Gasteiger partial charge in [0.25, 0.3) is 0 Å². The minimum Gasteiger partial charge on any atom is -0.494 e. The molecule has 0 unspecified atom stereocenters. The lowest BCUT2D eigenvalue weighted by Gasteiger charge is -2.26. The summed E-state index contributed by atoms with van der Waals surface area (Å²) in [4.78, 5) is 24.9. The van der Waals surface area contributed by atoms with Gasteiger partial charge in [0, 0.05) is 22.7 Å². The van der Waals surface area contributed by atoms with Gasteiger partial charge in [-0.25, -0.2) is 0 Å². The summed E-state index contributed by atoms with van der Waals surface area (Å²) in [5.74, 6) is -5.04. The number of carbonyl (C=O) groups is 2. The van der Waals surface area contributed by atoms with Crippen LogP contribution < -0.4 is 5.32 Å². The van der Waals surface area contributed by atoms with Gasteiger partial charge in [-0.1, -0.05) is 61.5 Å². The van der Waals surface area contributed by atoms with Gasteiger partial charge in [0.1, 0.15) is 0 Å². The number of carbonyl (C=O) groups excluding carboxylic acids is 1. The van der Waals surface area contributed by atoms with Gasteiger partial charge >= 0.3 is 12.1 Å². The minimum absolute atomic E-state index is 0.0980. The maximum Gasteiger partial charge on any atom is 0.392 e. The number of aliphatic carboxylic acids is 1. The lowest BCUT2D eigenvalue weighted by molar-refractivity contribution is -0.178. The van der Waals surface area contributed by atoms with Crippen LogP contribution in [0.3, 0.4) is 0 Å². The number of benzene rings is 3. The molecule has 2 atom stereocenters. The molecule has 40 heavy (non-hydrogen) atoms. The second-order valence-electron chi connectivity index (χ2n) is 10.7. The normalized spacial score (nSPS) is 15.9. The number of nitrogens with one attached hydrogen (secondary N) is 1. The zero-order valence-electron chi connectivity index (χ0n) is 21.8. The van der Waals surface area contributed by atoms with E-state index >= 15 is 0 Å². The van der Waals surface area contributed by atoms with Crippen molar-refractivity contribution in [2.45, 2.75) is 44.8 Å². The molecule has 0 aliphatic heterocycles. The number of anilines is 1. The molecule has 3 N–H and O–H groups in total. The lowest BCUT2D eigenvalue weighted by Crippen LogP contribution is -2.34. The average molecular weight is 551 g/mol. The lowest BCUT2D eigenvalue weighted by atomic mass is 9.85. The molecule has 6 nitrogen and oxygen atoms in total. The van der Waals surface area contributed by atoms with Gasteiger partial charge in [-0.05, 0) is 54.2 Å². The minimum atomic E-state index is -4.61.